The minimum Gasteiger partial charge on any atom is -0.376 e. The predicted octanol–water partition coefficient (Wildman–Crippen LogP) is 1.14. The number of nitrogens with zero attached hydrogens (tertiary/aromatic N) is 2. The topological polar surface area (TPSA) is 48.3 Å². The number of ether oxygens (including phenoxy) is 2. The van der Waals surface area contributed by atoms with Gasteiger partial charge in [-0.3, -0.25) is 4.68 Å². The van der Waals surface area contributed by atoms with E-state index in [1.807, 2.05) is 11.7 Å². The lowest BCUT2D eigenvalue weighted by molar-refractivity contribution is -0.0864. The lowest BCUT2D eigenvalue weighted by Gasteiger charge is -2.23. The summed E-state index contributed by atoms with van der Waals surface area (Å²) in [5, 5.41) is 8.49. The smallest absolute Gasteiger partial charge is 0.0933 e. The van der Waals surface area contributed by atoms with Gasteiger partial charge in [-0.2, -0.15) is 5.10 Å². The van der Waals surface area contributed by atoms with Gasteiger partial charge >= 0.3 is 0 Å². The van der Waals surface area contributed by atoms with Crippen molar-refractivity contribution in [1.29, 1.82) is 0 Å². The summed E-state index contributed by atoms with van der Waals surface area (Å²) < 4.78 is 12.7. The van der Waals surface area contributed by atoms with Crippen LogP contribution in [0.15, 0.2) is 0 Å². The Morgan fingerprint density at radius 1 is 1.50 bits per heavy atom. The first kappa shape index (κ1) is 13.8. The third kappa shape index (κ3) is 3.23. The highest BCUT2D eigenvalue weighted by Gasteiger charge is 2.16. The van der Waals surface area contributed by atoms with Crippen LogP contribution in [0, 0.1) is 0 Å². The maximum atomic E-state index is 6.27. The van der Waals surface area contributed by atoms with Gasteiger partial charge in [0.05, 0.1) is 42.3 Å². The van der Waals surface area contributed by atoms with Gasteiger partial charge in [-0.1, -0.05) is 18.5 Å². The molecule has 2 rings (SSSR count). The molecule has 18 heavy (non-hydrogen) atoms. The van der Waals surface area contributed by atoms with Crippen LogP contribution in [0.5, 0.6) is 0 Å². The van der Waals surface area contributed by atoms with Crippen molar-refractivity contribution in [2.24, 2.45) is 7.05 Å². The van der Waals surface area contributed by atoms with E-state index < -0.39 is 0 Å². The molecular formula is C12H20ClN3O2. The second-order valence-electron chi connectivity index (χ2n) is 4.38. The minimum atomic E-state index is 0.136. The Kier molecular flexibility index (Phi) is 5.00. The van der Waals surface area contributed by atoms with Crippen LogP contribution in [0.2, 0.25) is 5.02 Å². The second-order valence-corrected chi connectivity index (χ2v) is 4.76. The van der Waals surface area contributed by atoms with E-state index in [0.717, 1.165) is 29.4 Å². The Hall–Kier alpha value is -0.620. The first-order chi connectivity index (χ1) is 8.72. The van der Waals surface area contributed by atoms with Gasteiger partial charge in [-0.25, -0.2) is 0 Å². The maximum absolute atomic E-state index is 6.27. The summed E-state index contributed by atoms with van der Waals surface area (Å²) in [6.07, 6.45) is 0.989. The van der Waals surface area contributed by atoms with Crippen LogP contribution in [-0.4, -0.2) is 42.2 Å². The molecular weight excluding hydrogens is 254 g/mol. The van der Waals surface area contributed by atoms with Gasteiger partial charge < -0.3 is 14.8 Å². The fraction of sp³-hybridized carbons (Fsp3) is 0.750. The molecule has 1 unspecified atom stereocenters. The molecule has 0 saturated carbocycles. The van der Waals surface area contributed by atoms with Crippen molar-refractivity contribution >= 4 is 11.6 Å². The van der Waals surface area contributed by atoms with Gasteiger partial charge in [0.15, 0.2) is 0 Å². The second kappa shape index (κ2) is 6.52. The first-order valence-electron chi connectivity index (χ1n) is 6.32. The molecule has 1 saturated heterocycles. The Labute approximate surface area is 112 Å². The fourth-order valence-electron chi connectivity index (χ4n) is 2.02. The standard InChI is InChI=1S/C12H20ClN3O2/c1-3-10-12(13)11(16(2)15-10)7-14-6-9-8-17-4-5-18-9/h9,14H,3-8H2,1-2H3. The van der Waals surface area contributed by atoms with Gasteiger partial charge in [0.1, 0.15) is 0 Å². The van der Waals surface area contributed by atoms with E-state index in [0.29, 0.717) is 26.4 Å². The molecule has 0 radical (unpaired) electrons. The number of aromatic nitrogens is 2. The van der Waals surface area contributed by atoms with Crippen LogP contribution in [0.3, 0.4) is 0 Å². The summed E-state index contributed by atoms with van der Waals surface area (Å²) in [7, 11) is 1.92. The van der Waals surface area contributed by atoms with Crippen LogP contribution in [0.25, 0.3) is 0 Å². The van der Waals surface area contributed by atoms with Crippen LogP contribution < -0.4 is 5.32 Å². The van der Waals surface area contributed by atoms with E-state index in [1.165, 1.54) is 0 Å². The van der Waals surface area contributed by atoms with Crippen molar-refractivity contribution in [3.63, 3.8) is 0 Å². The van der Waals surface area contributed by atoms with Crippen molar-refractivity contribution in [3.8, 4) is 0 Å². The summed E-state index contributed by atoms with van der Waals surface area (Å²) in [6, 6.07) is 0. The number of rotatable bonds is 5. The monoisotopic (exact) mass is 273 g/mol. The molecule has 1 aromatic rings. The molecule has 1 aromatic heterocycles. The minimum absolute atomic E-state index is 0.136. The Bertz CT molecular complexity index is 389. The summed E-state index contributed by atoms with van der Waals surface area (Å²) in [5.41, 5.74) is 1.97. The average molecular weight is 274 g/mol. The maximum Gasteiger partial charge on any atom is 0.0933 e. The van der Waals surface area contributed by atoms with Crippen molar-refractivity contribution < 1.29 is 9.47 Å². The molecule has 2 heterocycles. The quantitative estimate of drug-likeness (QED) is 0.874. The number of aryl methyl sites for hydroxylation is 2. The summed E-state index contributed by atoms with van der Waals surface area (Å²) in [6.45, 7) is 5.55. The van der Waals surface area contributed by atoms with Crippen molar-refractivity contribution in [2.45, 2.75) is 26.0 Å². The van der Waals surface area contributed by atoms with Crippen molar-refractivity contribution in [2.75, 3.05) is 26.4 Å². The van der Waals surface area contributed by atoms with Gasteiger partial charge in [0.25, 0.3) is 0 Å². The molecule has 0 aromatic carbocycles. The molecule has 1 N–H and O–H groups in total. The largest absolute Gasteiger partial charge is 0.376 e. The zero-order chi connectivity index (χ0) is 13.0. The van der Waals surface area contributed by atoms with E-state index in [1.54, 1.807) is 0 Å². The molecule has 102 valence electrons. The highest BCUT2D eigenvalue weighted by atomic mass is 35.5. The molecule has 0 amide bonds. The first-order valence-corrected chi connectivity index (χ1v) is 6.70. The molecule has 0 bridgehead atoms. The number of nitrogens with one attached hydrogen (secondary N) is 1. The van der Waals surface area contributed by atoms with Crippen molar-refractivity contribution in [1.82, 2.24) is 15.1 Å². The fourth-order valence-corrected chi connectivity index (χ4v) is 2.38. The molecule has 0 spiro atoms. The molecule has 1 atom stereocenters. The van der Waals surface area contributed by atoms with E-state index in [-0.39, 0.29) is 6.10 Å². The molecule has 6 heteroatoms. The van der Waals surface area contributed by atoms with Crippen LogP contribution in [0.1, 0.15) is 18.3 Å². The van der Waals surface area contributed by atoms with Crippen LogP contribution in [-0.2, 0) is 29.5 Å². The van der Waals surface area contributed by atoms with Gasteiger partial charge in [-0.05, 0) is 6.42 Å². The Morgan fingerprint density at radius 2 is 2.33 bits per heavy atom. The average Bonchev–Trinajstić information content (AvgIpc) is 2.67. The lowest BCUT2D eigenvalue weighted by atomic mass is 10.3. The van der Waals surface area contributed by atoms with E-state index in [2.05, 4.69) is 17.3 Å². The van der Waals surface area contributed by atoms with Crippen molar-refractivity contribution in [3.05, 3.63) is 16.4 Å². The van der Waals surface area contributed by atoms with E-state index in [9.17, 15) is 0 Å². The Morgan fingerprint density at radius 3 is 2.94 bits per heavy atom. The molecule has 0 aliphatic carbocycles. The number of hydrogen-bond donors (Lipinski definition) is 1. The highest BCUT2D eigenvalue weighted by molar-refractivity contribution is 6.31. The number of hydrogen-bond acceptors (Lipinski definition) is 4. The third-order valence-corrected chi connectivity index (χ3v) is 3.49. The zero-order valence-corrected chi connectivity index (χ0v) is 11.7. The van der Waals surface area contributed by atoms with Gasteiger partial charge in [0.2, 0.25) is 0 Å². The molecule has 5 nitrogen and oxygen atoms in total. The summed E-state index contributed by atoms with van der Waals surface area (Å²) in [4.78, 5) is 0. The lowest BCUT2D eigenvalue weighted by Crippen LogP contribution is -2.37. The van der Waals surface area contributed by atoms with E-state index in [4.69, 9.17) is 21.1 Å². The van der Waals surface area contributed by atoms with Crippen LogP contribution in [0.4, 0.5) is 0 Å². The molecule has 1 fully saturated rings. The predicted molar refractivity (Wildman–Crippen MR) is 69.9 cm³/mol. The van der Waals surface area contributed by atoms with Crippen LogP contribution >= 0.6 is 11.6 Å². The van der Waals surface area contributed by atoms with E-state index >= 15 is 0 Å². The van der Waals surface area contributed by atoms with Gasteiger partial charge in [0, 0.05) is 20.1 Å². The SMILES string of the molecule is CCc1nn(C)c(CNCC2COCCO2)c1Cl. The Balaban J connectivity index is 1.84. The molecule has 1 aliphatic heterocycles. The van der Waals surface area contributed by atoms with Gasteiger partial charge in [-0.15, -0.1) is 0 Å². The third-order valence-electron chi connectivity index (χ3n) is 3.05. The normalized spacial score (nSPS) is 20.3. The highest BCUT2D eigenvalue weighted by Crippen LogP contribution is 2.20. The summed E-state index contributed by atoms with van der Waals surface area (Å²) >= 11 is 6.27. The molecule has 1 aliphatic rings. The zero-order valence-electron chi connectivity index (χ0n) is 10.9. The number of halogens is 1. The summed E-state index contributed by atoms with van der Waals surface area (Å²) in [5.74, 6) is 0.